The van der Waals surface area contributed by atoms with Crippen LogP contribution in [0.2, 0.25) is 0 Å². The Balaban J connectivity index is 1.57. The molecule has 0 radical (unpaired) electrons. The molecule has 0 aliphatic heterocycles. The first-order chi connectivity index (χ1) is 15.9. The summed E-state index contributed by atoms with van der Waals surface area (Å²) in [5, 5.41) is 11.8. The average Bonchev–Trinajstić information content (AvgIpc) is 3.49. The first-order valence-electron chi connectivity index (χ1n) is 11.1. The number of aromatic nitrogens is 5. The monoisotopic (exact) mass is 466 g/mol. The van der Waals surface area contributed by atoms with E-state index < -0.39 is 10.0 Å². The van der Waals surface area contributed by atoms with E-state index in [1.165, 1.54) is 10.9 Å². The van der Waals surface area contributed by atoms with Crippen molar-refractivity contribution in [1.82, 2.24) is 28.9 Å². The molecule has 3 atom stereocenters. The number of amides is 1. The van der Waals surface area contributed by atoms with Gasteiger partial charge in [-0.2, -0.15) is 0 Å². The van der Waals surface area contributed by atoms with Crippen molar-refractivity contribution in [3.8, 4) is 0 Å². The molecule has 1 amide bonds. The van der Waals surface area contributed by atoms with Crippen LogP contribution >= 0.6 is 0 Å². The van der Waals surface area contributed by atoms with Crippen LogP contribution in [0.3, 0.4) is 0 Å². The molecule has 0 spiro atoms. The number of nitrogens with zero attached hydrogens (tertiary/aromatic N) is 5. The molecule has 3 aromatic heterocycles. The Morgan fingerprint density at radius 1 is 1.15 bits per heavy atom. The zero-order valence-corrected chi connectivity index (χ0v) is 19.4. The maximum atomic E-state index is 13.2. The fourth-order valence-electron chi connectivity index (χ4n) is 5.07. The molecule has 1 aromatic carbocycles. The van der Waals surface area contributed by atoms with Crippen LogP contribution in [0.25, 0.3) is 16.8 Å². The topological polar surface area (TPSA) is 111 Å². The molecule has 1 fully saturated rings. The van der Waals surface area contributed by atoms with Crippen molar-refractivity contribution in [2.45, 2.75) is 50.8 Å². The predicted octanol–water partition coefficient (Wildman–Crippen LogP) is 2.87. The highest BCUT2D eigenvalue weighted by atomic mass is 32.2. The maximum Gasteiger partial charge on any atom is 0.244 e. The number of benzene rings is 1. The van der Waals surface area contributed by atoms with Crippen molar-refractivity contribution in [2.75, 3.05) is 0 Å². The molecule has 1 aliphatic carbocycles. The van der Waals surface area contributed by atoms with Gasteiger partial charge in [-0.15, -0.1) is 10.2 Å². The number of fused-ring (bicyclic) bond motifs is 3. The Morgan fingerprint density at radius 2 is 1.94 bits per heavy atom. The van der Waals surface area contributed by atoms with Crippen molar-refractivity contribution in [3.05, 3.63) is 60.2 Å². The van der Waals surface area contributed by atoms with E-state index >= 15 is 0 Å². The lowest BCUT2D eigenvalue weighted by molar-refractivity contribution is -0.119. The molecular formula is C23H26N6O3S. The maximum absolute atomic E-state index is 13.2. The standard InChI is InChI=1S/C23H26N6O3S/c1-3-17-11-18(25-15(2)30)12-19(17)22-27-26-21-13-24-23-20(29(21)22)9-10-28(23)33(31,32)14-16-7-5-4-6-8-16/h4-10,13,17-19H,3,11-12,14H2,1-2H3,(H,25,30)/t17-,18+,19+/m1/s1. The van der Waals surface area contributed by atoms with Crippen LogP contribution in [-0.4, -0.2) is 43.9 Å². The van der Waals surface area contributed by atoms with Crippen molar-refractivity contribution in [1.29, 1.82) is 0 Å². The fourth-order valence-corrected chi connectivity index (χ4v) is 6.47. The zero-order chi connectivity index (χ0) is 23.2. The Morgan fingerprint density at radius 3 is 2.67 bits per heavy atom. The second-order valence-electron chi connectivity index (χ2n) is 8.72. The molecule has 0 bridgehead atoms. The van der Waals surface area contributed by atoms with Gasteiger partial charge in [0.15, 0.2) is 11.3 Å². The molecule has 172 valence electrons. The van der Waals surface area contributed by atoms with E-state index in [-0.39, 0.29) is 23.6 Å². The molecule has 1 aliphatic rings. The fraction of sp³-hybridized carbons (Fsp3) is 0.391. The third-order valence-corrected chi connectivity index (χ3v) is 8.10. The molecular weight excluding hydrogens is 440 g/mol. The van der Waals surface area contributed by atoms with E-state index in [1.807, 2.05) is 22.6 Å². The molecule has 4 aromatic rings. The zero-order valence-electron chi connectivity index (χ0n) is 18.5. The molecule has 10 heteroatoms. The third kappa shape index (κ3) is 3.88. The highest BCUT2D eigenvalue weighted by Gasteiger charge is 2.37. The minimum absolute atomic E-state index is 0.0334. The van der Waals surface area contributed by atoms with Gasteiger partial charge in [0.05, 0.1) is 17.5 Å². The Kier molecular flexibility index (Phi) is 5.40. The van der Waals surface area contributed by atoms with E-state index in [4.69, 9.17) is 0 Å². The Hall–Kier alpha value is -3.27. The van der Waals surface area contributed by atoms with E-state index in [0.29, 0.717) is 28.3 Å². The summed E-state index contributed by atoms with van der Waals surface area (Å²) in [5.74, 6) is 1.09. The second-order valence-corrected chi connectivity index (χ2v) is 10.6. The van der Waals surface area contributed by atoms with E-state index in [2.05, 4.69) is 27.4 Å². The second kappa shape index (κ2) is 8.26. The van der Waals surface area contributed by atoms with Gasteiger partial charge in [-0.05, 0) is 30.4 Å². The van der Waals surface area contributed by atoms with Crippen LogP contribution < -0.4 is 5.32 Å². The minimum atomic E-state index is -3.67. The largest absolute Gasteiger partial charge is 0.354 e. The quantitative estimate of drug-likeness (QED) is 0.468. The van der Waals surface area contributed by atoms with Crippen LogP contribution in [0.1, 0.15) is 50.4 Å². The van der Waals surface area contributed by atoms with Gasteiger partial charge in [0.25, 0.3) is 0 Å². The van der Waals surface area contributed by atoms with E-state index in [1.54, 1.807) is 30.6 Å². The third-order valence-electron chi connectivity index (χ3n) is 6.51. The number of nitrogens with one attached hydrogen (secondary N) is 1. The lowest BCUT2D eigenvalue weighted by Crippen LogP contribution is -2.30. The first kappa shape index (κ1) is 21.6. The minimum Gasteiger partial charge on any atom is -0.354 e. The summed E-state index contributed by atoms with van der Waals surface area (Å²) >= 11 is 0. The molecule has 0 unspecified atom stereocenters. The van der Waals surface area contributed by atoms with Crippen LogP contribution in [0, 0.1) is 5.92 Å². The highest BCUT2D eigenvalue weighted by Crippen LogP contribution is 2.41. The number of carbonyl (C=O) groups excluding carboxylic acids is 1. The van der Waals surface area contributed by atoms with Gasteiger partial charge in [-0.3, -0.25) is 9.20 Å². The number of hydrogen-bond donors (Lipinski definition) is 1. The van der Waals surface area contributed by atoms with Gasteiger partial charge in [0.1, 0.15) is 5.82 Å². The van der Waals surface area contributed by atoms with E-state index in [9.17, 15) is 13.2 Å². The predicted molar refractivity (Wildman–Crippen MR) is 124 cm³/mol. The first-order valence-corrected chi connectivity index (χ1v) is 12.7. The average molecular weight is 467 g/mol. The van der Waals surface area contributed by atoms with Gasteiger partial charge in [-0.25, -0.2) is 17.4 Å². The molecule has 5 rings (SSSR count). The van der Waals surface area contributed by atoms with Gasteiger partial charge in [0, 0.05) is 25.1 Å². The lowest BCUT2D eigenvalue weighted by Gasteiger charge is -2.16. The highest BCUT2D eigenvalue weighted by molar-refractivity contribution is 7.89. The van der Waals surface area contributed by atoms with Crippen LogP contribution in [0.15, 0.2) is 48.8 Å². The summed E-state index contributed by atoms with van der Waals surface area (Å²) in [6.07, 6.45) is 5.72. The molecule has 1 saturated carbocycles. The summed E-state index contributed by atoms with van der Waals surface area (Å²) in [7, 11) is -3.67. The van der Waals surface area contributed by atoms with Crippen molar-refractivity contribution < 1.29 is 13.2 Å². The summed E-state index contributed by atoms with van der Waals surface area (Å²) in [5.41, 5.74) is 2.30. The summed E-state index contributed by atoms with van der Waals surface area (Å²) < 4.78 is 29.5. The van der Waals surface area contributed by atoms with Crippen LogP contribution in [-0.2, 0) is 20.6 Å². The van der Waals surface area contributed by atoms with Gasteiger partial charge < -0.3 is 5.32 Å². The smallest absolute Gasteiger partial charge is 0.244 e. The van der Waals surface area contributed by atoms with Gasteiger partial charge in [0.2, 0.25) is 15.9 Å². The van der Waals surface area contributed by atoms with Crippen LogP contribution in [0.5, 0.6) is 0 Å². The van der Waals surface area contributed by atoms with Gasteiger partial charge >= 0.3 is 0 Å². The molecule has 33 heavy (non-hydrogen) atoms. The SMILES string of the molecule is CC[C@@H]1C[C@H](NC(C)=O)C[C@@H]1c1nnc2cnc3c(ccn3S(=O)(=O)Cc3ccccc3)n12. The summed E-state index contributed by atoms with van der Waals surface area (Å²) in [6.45, 7) is 3.68. The van der Waals surface area contributed by atoms with Gasteiger partial charge in [-0.1, -0.05) is 43.7 Å². The molecule has 0 saturated heterocycles. The Labute approximate surface area is 191 Å². The Bertz CT molecular complexity index is 1430. The summed E-state index contributed by atoms with van der Waals surface area (Å²) in [4.78, 5) is 16.0. The van der Waals surface area contributed by atoms with Crippen LogP contribution in [0.4, 0.5) is 0 Å². The van der Waals surface area contributed by atoms with Crippen molar-refractivity contribution in [2.24, 2.45) is 5.92 Å². The number of carbonyl (C=O) groups is 1. The molecule has 1 N–H and O–H groups in total. The summed E-state index contributed by atoms with van der Waals surface area (Å²) in [6, 6.07) is 10.9. The number of hydrogen-bond acceptors (Lipinski definition) is 6. The molecule has 3 heterocycles. The normalized spacial score (nSPS) is 21.1. The van der Waals surface area contributed by atoms with Crippen molar-refractivity contribution >= 4 is 32.7 Å². The lowest BCUT2D eigenvalue weighted by atomic mass is 9.93. The van der Waals surface area contributed by atoms with E-state index in [0.717, 1.165) is 25.1 Å². The number of rotatable bonds is 6. The molecule has 9 nitrogen and oxygen atoms in total. The van der Waals surface area contributed by atoms with Crippen molar-refractivity contribution in [3.63, 3.8) is 0 Å².